The lowest BCUT2D eigenvalue weighted by molar-refractivity contribution is 0.103. The number of rotatable bonds is 2. The van der Waals surface area contributed by atoms with Crippen molar-refractivity contribution in [3.63, 3.8) is 0 Å². The highest BCUT2D eigenvalue weighted by Crippen LogP contribution is 2.20. The molecular formula is C14H13BrN2O. The predicted octanol–water partition coefficient (Wildman–Crippen LogP) is 3.27. The van der Waals surface area contributed by atoms with E-state index in [1.54, 1.807) is 12.1 Å². The SMILES string of the molecule is Cc1ccc(C(=O)c2nc(Br)ccc2N)c(C)c1. The number of aromatic nitrogens is 1. The van der Waals surface area contributed by atoms with Crippen LogP contribution in [0.3, 0.4) is 0 Å². The summed E-state index contributed by atoms with van der Waals surface area (Å²) in [6, 6.07) is 9.09. The summed E-state index contributed by atoms with van der Waals surface area (Å²) in [7, 11) is 0. The van der Waals surface area contributed by atoms with Gasteiger partial charge < -0.3 is 5.73 Å². The lowest BCUT2D eigenvalue weighted by atomic mass is 9.99. The number of anilines is 1. The zero-order valence-corrected chi connectivity index (χ0v) is 11.8. The molecule has 4 heteroatoms. The number of hydrogen-bond acceptors (Lipinski definition) is 3. The zero-order chi connectivity index (χ0) is 13.3. The number of carbonyl (C=O) groups excluding carboxylic acids is 1. The molecule has 0 saturated carbocycles. The maximum Gasteiger partial charge on any atom is 0.213 e. The van der Waals surface area contributed by atoms with Crippen LogP contribution in [0.25, 0.3) is 0 Å². The summed E-state index contributed by atoms with van der Waals surface area (Å²) in [5, 5.41) is 0. The van der Waals surface area contributed by atoms with Gasteiger partial charge in [0.05, 0.1) is 5.69 Å². The monoisotopic (exact) mass is 304 g/mol. The molecule has 0 unspecified atom stereocenters. The number of hydrogen-bond donors (Lipinski definition) is 1. The van der Waals surface area contributed by atoms with Gasteiger partial charge in [0.15, 0.2) is 0 Å². The van der Waals surface area contributed by atoms with Gasteiger partial charge in [-0.05, 0) is 47.5 Å². The lowest BCUT2D eigenvalue weighted by Gasteiger charge is -2.07. The first-order valence-corrected chi connectivity index (χ1v) is 6.32. The molecule has 0 saturated heterocycles. The van der Waals surface area contributed by atoms with Crippen LogP contribution in [0.5, 0.6) is 0 Å². The Morgan fingerprint density at radius 1 is 1.22 bits per heavy atom. The van der Waals surface area contributed by atoms with Crippen molar-refractivity contribution in [2.24, 2.45) is 0 Å². The summed E-state index contributed by atoms with van der Waals surface area (Å²) in [5.74, 6) is -0.147. The highest BCUT2D eigenvalue weighted by Gasteiger charge is 2.16. The second kappa shape index (κ2) is 4.90. The zero-order valence-electron chi connectivity index (χ0n) is 10.2. The molecular weight excluding hydrogens is 292 g/mol. The van der Waals surface area contributed by atoms with Gasteiger partial charge in [0, 0.05) is 5.56 Å². The average molecular weight is 305 g/mol. The van der Waals surface area contributed by atoms with Crippen molar-refractivity contribution in [2.75, 3.05) is 5.73 Å². The number of carbonyl (C=O) groups is 1. The fourth-order valence-electron chi connectivity index (χ4n) is 1.82. The van der Waals surface area contributed by atoms with Gasteiger partial charge in [-0.15, -0.1) is 0 Å². The van der Waals surface area contributed by atoms with Crippen LogP contribution in [-0.2, 0) is 0 Å². The molecule has 0 bridgehead atoms. The maximum absolute atomic E-state index is 12.4. The van der Waals surface area contributed by atoms with Gasteiger partial charge in [-0.25, -0.2) is 4.98 Å². The van der Waals surface area contributed by atoms with E-state index in [-0.39, 0.29) is 11.5 Å². The van der Waals surface area contributed by atoms with E-state index in [0.29, 0.717) is 15.9 Å². The van der Waals surface area contributed by atoms with Gasteiger partial charge in [0.1, 0.15) is 10.3 Å². The van der Waals surface area contributed by atoms with Gasteiger partial charge in [0.2, 0.25) is 5.78 Å². The molecule has 0 amide bonds. The normalized spacial score (nSPS) is 10.4. The van der Waals surface area contributed by atoms with Crippen LogP contribution in [0.2, 0.25) is 0 Å². The molecule has 0 fully saturated rings. The number of aryl methyl sites for hydroxylation is 2. The minimum absolute atomic E-state index is 0.147. The number of ketones is 1. The number of nitrogen functional groups attached to an aromatic ring is 1. The Kier molecular flexibility index (Phi) is 3.48. The summed E-state index contributed by atoms with van der Waals surface area (Å²) in [4.78, 5) is 16.5. The molecule has 0 spiro atoms. The van der Waals surface area contributed by atoms with Gasteiger partial charge in [0.25, 0.3) is 0 Å². The Bertz CT molecular complexity index is 623. The quantitative estimate of drug-likeness (QED) is 0.684. The van der Waals surface area contributed by atoms with Crippen LogP contribution in [0.15, 0.2) is 34.9 Å². The van der Waals surface area contributed by atoms with E-state index >= 15 is 0 Å². The minimum atomic E-state index is -0.147. The van der Waals surface area contributed by atoms with Crippen molar-refractivity contribution in [2.45, 2.75) is 13.8 Å². The Labute approximate surface area is 114 Å². The first-order chi connectivity index (χ1) is 8.49. The fourth-order valence-corrected chi connectivity index (χ4v) is 2.13. The smallest absolute Gasteiger partial charge is 0.213 e. The molecule has 0 aliphatic rings. The third kappa shape index (κ3) is 2.43. The molecule has 1 heterocycles. The van der Waals surface area contributed by atoms with Crippen molar-refractivity contribution in [1.82, 2.24) is 4.98 Å². The van der Waals surface area contributed by atoms with Crippen LogP contribution < -0.4 is 5.73 Å². The Morgan fingerprint density at radius 2 is 1.94 bits per heavy atom. The Hall–Kier alpha value is -1.68. The highest BCUT2D eigenvalue weighted by atomic mass is 79.9. The number of benzene rings is 1. The van der Waals surface area contributed by atoms with E-state index in [2.05, 4.69) is 20.9 Å². The van der Waals surface area contributed by atoms with Crippen LogP contribution in [0, 0.1) is 13.8 Å². The second-order valence-electron chi connectivity index (χ2n) is 4.22. The summed E-state index contributed by atoms with van der Waals surface area (Å²) >= 11 is 3.25. The van der Waals surface area contributed by atoms with Crippen molar-refractivity contribution < 1.29 is 4.79 Å². The number of pyridine rings is 1. The van der Waals surface area contributed by atoms with Crippen molar-refractivity contribution in [3.05, 3.63) is 57.3 Å². The average Bonchev–Trinajstić information content (AvgIpc) is 2.31. The molecule has 3 nitrogen and oxygen atoms in total. The summed E-state index contributed by atoms with van der Waals surface area (Å²) in [6.45, 7) is 3.90. The van der Waals surface area contributed by atoms with Crippen LogP contribution in [0.4, 0.5) is 5.69 Å². The summed E-state index contributed by atoms with van der Waals surface area (Å²) in [6.07, 6.45) is 0. The predicted molar refractivity (Wildman–Crippen MR) is 75.7 cm³/mol. The Morgan fingerprint density at radius 3 is 2.61 bits per heavy atom. The molecule has 2 rings (SSSR count). The summed E-state index contributed by atoms with van der Waals surface area (Å²) in [5.41, 5.74) is 9.18. The van der Waals surface area contributed by atoms with Gasteiger partial charge in [-0.2, -0.15) is 0 Å². The van der Waals surface area contributed by atoms with Gasteiger partial charge in [-0.1, -0.05) is 23.8 Å². The highest BCUT2D eigenvalue weighted by molar-refractivity contribution is 9.10. The van der Waals surface area contributed by atoms with Gasteiger partial charge >= 0.3 is 0 Å². The van der Waals surface area contributed by atoms with Crippen LogP contribution in [0.1, 0.15) is 27.2 Å². The summed E-state index contributed by atoms with van der Waals surface area (Å²) < 4.78 is 0.602. The van der Waals surface area contributed by atoms with Crippen molar-refractivity contribution in [1.29, 1.82) is 0 Å². The topological polar surface area (TPSA) is 56.0 Å². The molecule has 0 aliphatic carbocycles. The van der Waals surface area contributed by atoms with E-state index in [9.17, 15) is 4.79 Å². The van der Waals surface area contributed by atoms with E-state index in [1.165, 1.54) is 0 Å². The number of halogens is 1. The molecule has 0 atom stereocenters. The fraction of sp³-hybridized carbons (Fsp3) is 0.143. The van der Waals surface area contributed by atoms with Crippen LogP contribution >= 0.6 is 15.9 Å². The third-order valence-electron chi connectivity index (χ3n) is 2.73. The second-order valence-corrected chi connectivity index (χ2v) is 5.03. The molecule has 1 aromatic carbocycles. The van der Waals surface area contributed by atoms with E-state index < -0.39 is 0 Å². The number of nitrogens with two attached hydrogens (primary N) is 1. The third-order valence-corrected chi connectivity index (χ3v) is 3.18. The lowest BCUT2D eigenvalue weighted by Crippen LogP contribution is -2.09. The molecule has 92 valence electrons. The molecule has 18 heavy (non-hydrogen) atoms. The van der Waals surface area contributed by atoms with Crippen LogP contribution in [-0.4, -0.2) is 10.8 Å². The van der Waals surface area contributed by atoms with Crippen molar-refractivity contribution in [3.8, 4) is 0 Å². The number of nitrogens with zero attached hydrogens (tertiary/aromatic N) is 1. The van der Waals surface area contributed by atoms with E-state index in [4.69, 9.17) is 5.73 Å². The first-order valence-electron chi connectivity index (χ1n) is 5.53. The van der Waals surface area contributed by atoms with Crippen molar-refractivity contribution >= 4 is 27.4 Å². The van der Waals surface area contributed by atoms with E-state index in [1.807, 2.05) is 32.0 Å². The maximum atomic E-state index is 12.4. The largest absolute Gasteiger partial charge is 0.397 e. The molecule has 1 aromatic heterocycles. The minimum Gasteiger partial charge on any atom is -0.397 e. The molecule has 0 radical (unpaired) electrons. The van der Waals surface area contributed by atoms with Gasteiger partial charge in [-0.3, -0.25) is 4.79 Å². The molecule has 2 N–H and O–H groups in total. The van der Waals surface area contributed by atoms with E-state index in [0.717, 1.165) is 11.1 Å². The first kappa shape index (κ1) is 12.8. The standard InChI is InChI=1S/C14H13BrN2O/c1-8-3-4-10(9(2)7-8)14(18)13-11(16)5-6-12(15)17-13/h3-7H,16H2,1-2H3. The Balaban J connectivity index is 2.51. The molecule has 2 aromatic rings. The molecule has 0 aliphatic heterocycles.